The Morgan fingerprint density at radius 1 is 1.46 bits per heavy atom. The second-order valence-electron chi connectivity index (χ2n) is 2.09. The summed E-state index contributed by atoms with van der Waals surface area (Å²) in [6.07, 6.45) is 0. The van der Waals surface area contributed by atoms with E-state index in [1.807, 2.05) is 6.07 Å². The van der Waals surface area contributed by atoms with Crippen LogP contribution >= 0.6 is 38.8 Å². The van der Waals surface area contributed by atoms with Crippen molar-refractivity contribution in [2.24, 2.45) is 0 Å². The van der Waals surface area contributed by atoms with Gasteiger partial charge in [0, 0.05) is 6.07 Å². The highest BCUT2D eigenvalue weighted by Gasteiger charge is 2.09. The van der Waals surface area contributed by atoms with E-state index in [1.165, 1.54) is 22.9 Å². The lowest BCUT2D eigenvalue weighted by molar-refractivity contribution is 0.403. The Morgan fingerprint density at radius 2 is 2.31 bits per heavy atom. The Labute approximate surface area is 90.9 Å². The molecule has 4 nitrogen and oxygen atoms in total. The molecule has 0 N–H and O–H groups in total. The Kier molecular flexibility index (Phi) is 2.56. The predicted octanol–water partition coefficient (Wildman–Crippen LogP) is 2.43. The van der Waals surface area contributed by atoms with Gasteiger partial charge < -0.3 is 4.74 Å². The van der Waals surface area contributed by atoms with Crippen LogP contribution in [0.4, 0.5) is 0 Å². The van der Waals surface area contributed by atoms with E-state index in [-0.39, 0.29) is 0 Å². The molecule has 0 aromatic carbocycles. The molecule has 0 aliphatic rings. The van der Waals surface area contributed by atoms with Gasteiger partial charge >= 0.3 is 0 Å². The summed E-state index contributed by atoms with van der Waals surface area (Å²) in [5.74, 6) is 0.617. The van der Waals surface area contributed by atoms with Crippen LogP contribution in [0.5, 0.6) is 5.88 Å². The van der Waals surface area contributed by atoms with Crippen molar-refractivity contribution in [2.45, 2.75) is 0 Å². The monoisotopic (exact) mass is 277 g/mol. The number of nitrogens with zero attached hydrogens (tertiary/aromatic N) is 3. The molecule has 0 aliphatic carbocycles. The number of methoxy groups -OCH3 is 1. The first kappa shape index (κ1) is 9.04. The van der Waals surface area contributed by atoms with E-state index in [0.717, 1.165) is 13.8 Å². The highest BCUT2D eigenvalue weighted by molar-refractivity contribution is 9.11. The Balaban J connectivity index is 2.35. The standard InChI is InChI=1S/C6H4BrN3OS2/c1-11-4-2-3(13-10-4)5-8-9-6(7)12-5/h2H,1H3. The van der Waals surface area contributed by atoms with Crippen LogP contribution in [0.1, 0.15) is 0 Å². The highest BCUT2D eigenvalue weighted by atomic mass is 79.9. The topological polar surface area (TPSA) is 47.9 Å². The van der Waals surface area contributed by atoms with Gasteiger partial charge in [0.15, 0.2) is 8.92 Å². The second-order valence-corrected chi connectivity index (χ2v) is 5.15. The summed E-state index contributed by atoms with van der Waals surface area (Å²) in [6, 6.07) is 1.84. The van der Waals surface area contributed by atoms with Crippen molar-refractivity contribution in [3.05, 3.63) is 9.98 Å². The van der Waals surface area contributed by atoms with Crippen molar-refractivity contribution in [3.8, 4) is 15.8 Å². The molecule has 0 bridgehead atoms. The minimum Gasteiger partial charge on any atom is -0.480 e. The quantitative estimate of drug-likeness (QED) is 0.846. The van der Waals surface area contributed by atoms with E-state index in [9.17, 15) is 0 Å². The van der Waals surface area contributed by atoms with Gasteiger partial charge in [-0.05, 0) is 27.5 Å². The fraction of sp³-hybridized carbons (Fsp3) is 0.167. The highest BCUT2D eigenvalue weighted by Crippen LogP contribution is 2.31. The molecular weight excluding hydrogens is 274 g/mol. The Bertz CT molecular complexity index is 413. The van der Waals surface area contributed by atoms with Gasteiger partial charge in [0.1, 0.15) is 0 Å². The average molecular weight is 278 g/mol. The van der Waals surface area contributed by atoms with Crippen molar-refractivity contribution < 1.29 is 4.74 Å². The van der Waals surface area contributed by atoms with Crippen LogP contribution in [-0.2, 0) is 0 Å². The fourth-order valence-electron chi connectivity index (χ4n) is 0.761. The summed E-state index contributed by atoms with van der Waals surface area (Å²) >= 11 is 6.08. The molecule has 2 aromatic heterocycles. The predicted molar refractivity (Wildman–Crippen MR) is 55.3 cm³/mol. The van der Waals surface area contributed by atoms with E-state index >= 15 is 0 Å². The molecule has 0 atom stereocenters. The van der Waals surface area contributed by atoms with Crippen molar-refractivity contribution in [3.63, 3.8) is 0 Å². The van der Waals surface area contributed by atoms with Gasteiger partial charge in [-0.1, -0.05) is 11.3 Å². The molecule has 13 heavy (non-hydrogen) atoms. The number of hydrogen-bond donors (Lipinski definition) is 0. The summed E-state index contributed by atoms with van der Waals surface area (Å²) in [7, 11) is 1.59. The van der Waals surface area contributed by atoms with Gasteiger partial charge in [0.05, 0.1) is 12.0 Å². The lowest BCUT2D eigenvalue weighted by Crippen LogP contribution is -1.78. The number of ether oxygens (including phenoxy) is 1. The smallest absolute Gasteiger partial charge is 0.225 e. The SMILES string of the molecule is COc1cc(-c2nnc(Br)s2)sn1. The van der Waals surface area contributed by atoms with Crippen molar-refractivity contribution in [1.29, 1.82) is 0 Å². The minimum absolute atomic E-state index is 0.617. The lowest BCUT2D eigenvalue weighted by Gasteiger charge is -1.86. The summed E-state index contributed by atoms with van der Waals surface area (Å²) in [5.41, 5.74) is 0. The number of rotatable bonds is 2. The normalized spacial score (nSPS) is 10.3. The van der Waals surface area contributed by atoms with Gasteiger partial charge in [-0.25, -0.2) is 0 Å². The van der Waals surface area contributed by atoms with Crippen LogP contribution in [0.2, 0.25) is 0 Å². The van der Waals surface area contributed by atoms with Gasteiger partial charge in [-0.15, -0.1) is 10.2 Å². The van der Waals surface area contributed by atoms with E-state index in [4.69, 9.17) is 4.74 Å². The first-order valence-corrected chi connectivity index (χ1v) is 5.68. The van der Waals surface area contributed by atoms with Crippen molar-refractivity contribution in [2.75, 3.05) is 7.11 Å². The van der Waals surface area contributed by atoms with E-state index in [0.29, 0.717) is 5.88 Å². The van der Waals surface area contributed by atoms with Gasteiger partial charge in [0.2, 0.25) is 5.88 Å². The third-order valence-electron chi connectivity index (χ3n) is 1.31. The molecule has 2 heterocycles. The molecule has 0 unspecified atom stereocenters. The number of hydrogen-bond acceptors (Lipinski definition) is 6. The molecule has 7 heteroatoms. The van der Waals surface area contributed by atoms with Gasteiger partial charge in [0.25, 0.3) is 0 Å². The van der Waals surface area contributed by atoms with Gasteiger partial charge in [-0.2, -0.15) is 4.37 Å². The maximum atomic E-state index is 4.97. The van der Waals surface area contributed by atoms with Crippen LogP contribution < -0.4 is 4.74 Å². The second kappa shape index (κ2) is 3.69. The maximum absolute atomic E-state index is 4.97. The molecule has 2 aromatic rings. The summed E-state index contributed by atoms with van der Waals surface area (Å²) in [6.45, 7) is 0. The lowest BCUT2D eigenvalue weighted by atomic mass is 10.5. The molecule has 0 saturated carbocycles. The van der Waals surface area contributed by atoms with E-state index in [1.54, 1.807) is 7.11 Å². The maximum Gasteiger partial charge on any atom is 0.225 e. The molecule has 0 fully saturated rings. The molecule has 0 aliphatic heterocycles. The first-order chi connectivity index (χ1) is 6.29. The summed E-state index contributed by atoms with van der Waals surface area (Å²) in [5, 5.41) is 8.68. The van der Waals surface area contributed by atoms with Crippen LogP contribution in [0.3, 0.4) is 0 Å². The first-order valence-electron chi connectivity index (χ1n) is 3.29. The molecular formula is C6H4BrN3OS2. The van der Waals surface area contributed by atoms with Crippen LogP contribution in [0.15, 0.2) is 9.98 Å². The van der Waals surface area contributed by atoms with Crippen LogP contribution in [0.25, 0.3) is 9.88 Å². The van der Waals surface area contributed by atoms with Gasteiger partial charge in [-0.3, -0.25) is 0 Å². The summed E-state index contributed by atoms with van der Waals surface area (Å²) < 4.78 is 9.80. The average Bonchev–Trinajstić information content (AvgIpc) is 2.71. The molecule has 0 amide bonds. The zero-order valence-corrected chi connectivity index (χ0v) is 9.74. The zero-order chi connectivity index (χ0) is 9.26. The molecule has 0 spiro atoms. The van der Waals surface area contributed by atoms with Crippen molar-refractivity contribution in [1.82, 2.24) is 14.6 Å². The van der Waals surface area contributed by atoms with Crippen LogP contribution in [-0.4, -0.2) is 21.7 Å². The largest absolute Gasteiger partial charge is 0.480 e. The molecule has 2 rings (SSSR count). The van der Waals surface area contributed by atoms with Crippen molar-refractivity contribution >= 4 is 38.8 Å². The van der Waals surface area contributed by atoms with E-state index < -0.39 is 0 Å². The third kappa shape index (κ3) is 1.87. The Morgan fingerprint density at radius 3 is 2.85 bits per heavy atom. The third-order valence-corrected chi connectivity index (χ3v) is 3.61. The zero-order valence-electron chi connectivity index (χ0n) is 6.52. The number of halogens is 1. The van der Waals surface area contributed by atoms with Crippen LogP contribution in [0, 0.1) is 0 Å². The molecule has 68 valence electrons. The van der Waals surface area contributed by atoms with E-state index in [2.05, 4.69) is 30.5 Å². The molecule has 0 radical (unpaired) electrons. The summed E-state index contributed by atoms with van der Waals surface area (Å²) in [4.78, 5) is 0.972. The Hall–Kier alpha value is -0.530. The fourth-order valence-corrected chi connectivity index (χ4v) is 2.61. The number of aromatic nitrogens is 3. The minimum atomic E-state index is 0.617. The molecule has 0 saturated heterocycles.